The summed E-state index contributed by atoms with van der Waals surface area (Å²) in [4.78, 5) is 4.15. The first kappa shape index (κ1) is 11.4. The van der Waals surface area contributed by atoms with Crippen LogP contribution in [0.3, 0.4) is 0 Å². The van der Waals surface area contributed by atoms with E-state index >= 15 is 0 Å². The second-order valence-electron chi connectivity index (χ2n) is 3.80. The molecule has 0 aromatic carbocycles. The summed E-state index contributed by atoms with van der Waals surface area (Å²) in [6.45, 7) is 6.23. The van der Waals surface area contributed by atoms with Gasteiger partial charge in [0.1, 0.15) is 11.1 Å². The molecule has 1 heterocycles. The zero-order valence-electron chi connectivity index (χ0n) is 8.34. The Morgan fingerprint density at radius 3 is 2.64 bits per heavy atom. The molecule has 0 saturated heterocycles. The van der Waals surface area contributed by atoms with Gasteiger partial charge in [-0.25, -0.2) is 4.98 Å². The van der Waals surface area contributed by atoms with Crippen LogP contribution in [0.4, 0.5) is 0 Å². The summed E-state index contributed by atoms with van der Waals surface area (Å²) in [5, 5.41) is 9.94. The van der Waals surface area contributed by atoms with E-state index in [1.807, 2.05) is 6.07 Å². The van der Waals surface area contributed by atoms with Gasteiger partial charge in [-0.1, -0.05) is 44.1 Å². The average Bonchev–Trinajstić information content (AvgIpc) is 2.06. The highest BCUT2D eigenvalue weighted by Gasteiger charge is 2.16. The molecule has 0 bridgehead atoms. The van der Waals surface area contributed by atoms with E-state index in [2.05, 4.69) is 25.8 Å². The van der Waals surface area contributed by atoms with Crippen LogP contribution >= 0.6 is 23.4 Å². The first-order valence-electron chi connectivity index (χ1n) is 4.17. The lowest BCUT2D eigenvalue weighted by Gasteiger charge is -2.17. The third-order valence-electron chi connectivity index (χ3n) is 1.38. The number of aromatic nitrogens is 1. The number of nitriles is 1. The summed E-state index contributed by atoms with van der Waals surface area (Å²) in [6, 6.07) is 3.66. The minimum atomic E-state index is 0.0463. The van der Waals surface area contributed by atoms with Crippen molar-refractivity contribution in [3.63, 3.8) is 0 Å². The summed E-state index contributed by atoms with van der Waals surface area (Å²) < 4.78 is 0.0463. The lowest BCUT2D eigenvalue weighted by atomic mass is 10.3. The maximum atomic E-state index is 8.77. The monoisotopic (exact) mass is 226 g/mol. The molecule has 74 valence electrons. The molecular formula is C10H11ClN2S. The van der Waals surface area contributed by atoms with Gasteiger partial charge in [-0.3, -0.25) is 0 Å². The fourth-order valence-electron chi connectivity index (χ4n) is 0.872. The Morgan fingerprint density at radius 2 is 2.14 bits per heavy atom. The molecule has 0 aliphatic rings. The van der Waals surface area contributed by atoms with Crippen LogP contribution in [0.15, 0.2) is 17.3 Å². The maximum absolute atomic E-state index is 8.77. The van der Waals surface area contributed by atoms with Gasteiger partial charge in [-0.15, -0.1) is 0 Å². The standard InChI is InChI=1S/C10H11ClN2S/c1-10(2,3)14-9-8(11)7(6-12)4-5-13-9/h4-5H,1-3H3. The topological polar surface area (TPSA) is 36.7 Å². The molecule has 0 fully saturated rings. The number of nitrogens with zero attached hydrogens (tertiary/aromatic N) is 2. The SMILES string of the molecule is CC(C)(C)Sc1nccc(C#N)c1Cl. The Labute approximate surface area is 93.3 Å². The number of halogens is 1. The summed E-state index contributed by atoms with van der Waals surface area (Å²) >= 11 is 7.57. The van der Waals surface area contributed by atoms with Crippen molar-refractivity contribution in [2.45, 2.75) is 30.5 Å². The largest absolute Gasteiger partial charge is 0.248 e. The fraction of sp³-hybridized carbons (Fsp3) is 0.400. The molecule has 0 amide bonds. The maximum Gasteiger partial charge on any atom is 0.116 e. The fourth-order valence-corrected chi connectivity index (χ4v) is 2.04. The normalized spacial score (nSPS) is 11.1. The van der Waals surface area contributed by atoms with Crippen LogP contribution in [0, 0.1) is 11.3 Å². The van der Waals surface area contributed by atoms with E-state index in [0.29, 0.717) is 10.6 Å². The molecule has 0 unspecified atom stereocenters. The molecule has 0 spiro atoms. The van der Waals surface area contributed by atoms with E-state index in [1.54, 1.807) is 24.0 Å². The molecule has 0 saturated carbocycles. The molecule has 0 aliphatic heterocycles. The second-order valence-corrected chi connectivity index (χ2v) is 6.00. The highest BCUT2D eigenvalue weighted by Crippen LogP contribution is 2.35. The predicted octanol–water partition coefficient (Wildman–Crippen LogP) is 3.50. The Bertz CT molecular complexity index is 377. The van der Waals surface area contributed by atoms with Gasteiger partial charge in [0, 0.05) is 10.9 Å². The van der Waals surface area contributed by atoms with E-state index in [0.717, 1.165) is 5.03 Å². The summed E-state index contributed by atoms with van der Waals surface area (Å²) in [5.74, 6) is 0. The van der Waals surface area contributed by atoms with Gasteiger partial charge in [0.15, 0.2) is 0 Å². The first-order valence-corrected chi connectivity index (χ1v) is 5.37. The van der Waals surface area contributed by atoms with E-state index < -0.39 is 0 Å². The van der Waals surface area contributed by atoms with Crippen molar-refractivity contribution in [2.75, 3.05) is 0 Å². The first-order chi connectivity index (χ1) is 6.44. The van der Waals surface area contributed by atoms with E-state index in [-0.39, 0.29) is 4.75 Å². The third-order valence-corrected chi connectivity index (χ3v) is 2.99. The van der Waals surface area contributed by atoms with Crippen LogP contribution in [0.1, 0.15) is 26.3 Å². The average molecular weight is 227 g/mol. The van der Waals surface area contributed by atoms with Gasteiger partial charge in [0.25, 0.3) is 0 Å². The van der Waals surface area contributed by atoms with E-state index in [4.69, 9.17) is 16.9 Å². The van der Waals surface area contributed by atoms with Gasteiger partial charge in [-0.2, -0.15) is 5.26 Å². The quantitative estimate of drug-likeness (QED) is 0.688. The molecule has 4 heteroatoms. The number of hydrogen-bond acceptors (Lipinski definition) is 3. The third kappa shape index (κ3) is 2.90. The van der Waals surface area contributed by atoms with Crippen LogP contribution < -0.4 is 0 Å². The van der Waals surface area contributed by atoms with Crippen LogP contribution in [0.2, 0.25) is 5.02 Å². The van der Waals surface area contributed by atoms with E-state index in [9.17, 15) is 0 Å². The Hall–Kier alpha value is -0.720. The number of hydrogen-bond donors (Lipinski definition) is 0. The molecule has 2 nitrogen and oxygen atoms in total. The molecule has 0 radical (unpaired) electrons. The van der Waals surface area contributed by atoms with Crippen LogP contribution in [0.5, 0.6) is 0 Å². The van der Waals surface area contributed by atoms with Crippen molar-refractivity contribution in [3.05, 3.63) is 22.8 Å². The smallest absolute Gasteiger partial charge is 0.116 e. The second kappa shape index (κ2) is 4.20. The van der Waals surface area contributed by atoms with Crippen LogP contribution in [-0.2, 0) is 0 Å². The Morgan fingerprint density at radius 1 is 1.50 bits per heavy atom. The highest BCUT2D eigenvalue weighted by molar-refractivity contribution is 8.00. The molecule has 1 aromatic rings. The molecule has 1 aromatic heterocycles. The number of pyridine rings is 1. The van der Waals surface area contributed by atoms with Crippen molar-refractivity contribution in [1.82, 2.24) is 4.98 Å². The lowest BCUT2D eigenvalue weighted by Crippen LogP contribution is -2.07. The number of thioether (sulfide) groups is 1. The molecule has 0 N–H and O–H groups in total. The van der Waals surface area contributed by atoms with Gasteiger partial charge < -0.3 is 0 Å². The van der Waals surface area contributed by atoms with Gasteiger partial charge >= 0.3 is 0 Å². The predicted molar refractivity (Wildman–Crippen MR) is 59.6 cm³/mol. The minimum absolute atomic E-state index is 0.0463. The van der Waals surface area contributed by atoms with Gasteiger partial charge in [-0.05, 0) is 6.07 Å². The van der Waals surface area contributed by atoms with Crippen LogP contribution in [0.25, 0.3) is 0 Å². The van der Waals surface area contributed by atoms with Crippen molar-refractivity contribution in [3.8, 4) is 6.07 Å². The van der Waals surface area contributed by atoms with Gasteiger partial charge in [0.05, 0.1) is 10.6 Å². The minimum Gasteiger partial charge on any atom is -0.248 e. The van der Waals surface area contributed by atoms with Crippen molar-refractivity contribution in [2.24, 2.45) is 0 Å². The van der Waals surface area contributed by atoms with Crippen molar-refractivity contribution in [1.29, 1.82) is 5.26 Å². The molecule has 0 aliphatic carbocycles. The van der Waals surface area contributed by atoms with Crippen LogP contribution in [-0.4, -0.2) is 9.73 Å². The molecular weight excluding hydrogens is 216 g/mol. The number of rotatable bonds is 1. The molecule has 0 atom stereocenters. The Kier molecular flexibility index (Phi) is 3.41. The summed E-state index contributed by atoms with van der Waals surface area (Å²) in [7, 11) is 0. The lowest BCUT2D eigenvalue weighted by molar-refractivity contribution is 0.799. The summed E-state index contributed by atoms with van der Waals surface area (Å²) in [5.41, 5.74) is 0.480. The summed E-state index contributed by atoms with van der Waals surface area (Å²) in [6.07, 6.45) is 1.61. The van der Waals surface area contributed by atoms with Crippen molar-refractivity contribution < 1.29 is 0 Å². The van der Waals surface area contributed by atoms with Crippen molar-refractivity contribution >= 4 is 23.4 Å². The molecule has 14 heavy (non-hydrogen) atoms. The highest BCUT2D eigenvalue weighted by atomic mass is 35.5. The Balaban J connectivity index is 3.06. The van der Waals surface area contributed by atoms with Gasteiger partial charge in [0.2, 0.25) is 0 Å². The zero-order chi connectivity index (χ0) is 10.8. The van der Waals surface area contributed by atoms with E-state index in [1.165, 1.54) is 0 Å². The molecule has 1 rings (SSSR count). The zero-order valence-corrected chi connectivity index (χ0v) is 9.91.